The number of halogens is 1. The van der Waals surface area contributed by atoms with E-state index in [0.717, 1.165) is 0 Å². The van der Waals surface area contributed by atoms with Crippen LogP contribution in [0.15, 0.2) is 10.8 Å². The van der Waals surface area contributed by atoms with Crippen LogP contribution in [0.3, 0.4) is 0 Å². The van der Waals surface area contributed by atoms with Crippen LogP contribution in [0.2, 0.25) is 0 Å². The second-order valence-corrected chi connectivity index (χ2v) is 7.64. The SMILES string of the molecule is CNc1ncnc(NC2(C)CCS(=O)(=O)C2)c1Br. The molecular weight excluding hydrogens is 320 g/mol. The van der Waals surface area contributed by atoms with Gasteiger partial charge in [0.15, 0.2) is 9.84 Å². The fourth-order valence-electron chi connectivity index (χ4n) is 2.03. The van der Waals surface area contributed by atoms with E-state index >= 15 is 0 Å². The van der Waals surface area contributed by atoms with Crippen molar-refractivity contribution in [1.82, 2.24) is 9.97 Å². The van der Waals surface area contributed by atoms with Crippen LogP contribution in [0.4, 0.5) is 11.6 Å². The quantitative estimate of drug-likeness (QED) is 0.865. The summed E-state index contributed by atoms with van der Waals surface area (Å²) in [5.74, 6) is 1.62. The molecule has 0 bridgehead atoms. The van der Waals surface area contributed by atoms with Gasteiger partial charge < -0.3 is 10.6 Å². The average molecular weight is 335 g/mol. The topological polar surface area (TPSA) is 84.0 Å². The largest absolute Gasteiger partial charge is 0.372 e. The van der Waals surface area contributed by atoms with Crippen LogP contribution >= 0.6 is 15.9 Å². The summed E-state index contributed by atoms with van der Waals surface area (Å²) >= 11 is 3.40. The first-order valence-electron chi connectivity index (χ1n) is 5.52. The minimum atomic E-state index is -2.94. The first-order valence-corrected chi connectivity index (χ1v) is 8.13. The molecule has 1 aromatic heterocycles. The van der Waals surface area contributed by atoms with Gasteiger partial charge in [-0.1, -0.05) is 0 Å². The van der Waals surface area contributed by atoms with Crippen molar-refractivity contribution in [3.8, 4) is 0 Å². The Labute approximate surface area is 115 Å². The van der Waals surface area contributed by atoms with Gasteiger partial charge in [-0.15, -0.1) is 0 Å². The van der Waals surface area contributed by atoms with E-state index in [1.54, 1.807) is 7.05 Å². The third-order valence-electron chi connectivity index (χ3n) is 2.95. The number of sulfone groups is 1. The minimum Gasteiger partial charge on any atom is -0.372 e. The van der Waals surface area contributed by atoms with Crippen molar-refractivity contribution in [2.24, 2.45) is 0 Å². The highest BCUT2D eigenvalue weighted by Gasteiger charge is 2.39. The maximum atomic E-state index is 11.5. The Hall–Kier alpha value is -0.890. The smallest absolute Gasteiger partial charge is 0.152 e. The number of hydrogen-bond donors (Lipinski definition) is 2. The molecule has 1 aliphatic heterocycles. The molecule has 100 valence electrons. The van der Waals surface area contributed by atoms with Crippen LogP contribution in [0, 0.1) is 0 Å². The molecule has 1 saturated heterocycles. The van der Waals surface area contributed by atoms with E-state index in [1.165, 1.54) is 6.33 Å². The molecule has 1 unspecified atom stereocenters. The molecule has 2 rings (SSSR count). The van der Waals surface area contributed by atoms with E-state index in [-0.39, 0.29) is 11.5 Å². The molecular formula is C10H15BrN4O2S. The van der Waals surface area contributed by atoms with Crippen molar-refractivity contribution in [3.63, 3.8) is 0 Å². The van der Waals surface area contributed by atoms with Gasteiger partial charge in [-0.25, -0.2) is 18.4 Å². The van der Waals surface area contributed by atoms with Crippen LogP contribution in [0.5, 0.6) is 0 Å². The summed E-state index contributed by atoms with van der Waals surface area (Å²) < 4.78 is 23.8. The summed E-state index contributed by atoms with van der Waals surface area (Å²) in [4.78, 5) is 8.20. The second-order valence-electron chi connectivity index (χ2n) is 4.66. The average Bonchev–Trinajstić information content (AvgIpc) is 2.56. The van der Waals surface area contributed by atoms with Gasteiger partial charge in [0.1, 0.15) is 22.4 Å². The lowest BCUT2D eigenvalue weighted by molar-refractivity contribution is 0.571. The van der Waals surface area contributed by atoms with E-state index < -0.39 is 15.4 Å². The number of rotatable bonds is 3. The molecule has 0 saturated carbocycles. The summed E-state index contributed by atoms with van der Waals surface area (Å²) in [5, 5.41) is 6.13. The van der Waals surface area contributed by atoms with Crippen LogP contribution < -0.4 is 10.6 Å². The number of hydrogen-bond acceptors (Lipinski definition) is 6. The maximum Gasteiger partial charge on any atom is 0.152 e. The highest BCUT2D eigenvalue weighted by Crippen LogP contribution is 2.32. The third kappa shape index (κ3) is 2.74. The van der Waals surface area contributed by atoms with Crippen molar-refractivity contribution >= 4 is 37.4 Å². The maximum absolute atomic E-state index is 11.5. The molecule has 2 N–H and O–H groups in total. The predicted molar refractivity (Wildman–Crippen MR) is 74.6 cm³/mol. The summed E-state index contributed by atoms with van der Waals surface area (Å²) in [7, 11) is -1.18. The second kappa shape index (κ2) is 4.65. The molecule has 2 heterocycles. The Morgan fingerprint density at radius 3 is 2.61 bits per heavy atom. The van der Waals surface area contributed by atoms with Gasteiger partial charge >= 0.3 is 0 Å². The van der Waals surface area contributed by atoms with Gasteiger partial charge in [-0.2, -0.15) is 0 Å². The van der Waals surface area contributed by atoms with Crippen LogP contribution in [0.25, 0.3) is 0 Å². The Kier molecular flexibility index (Phi) is 3.50. The Bertz CT molecular complexity index is 563. The first kappa shape index (κ1) is 13.5. The Morgan fingerprint density at radius 2 is 2.06 bits per heavy atom. The van der Waals surface area contributed by atoms with Crippen LogP contribution in [-0.2, 0) is 9.84 Å². The lowest BCUT2D eigenvalue weighted by atomic mass is 10.0. The standard InChI is InChI=1S/C10H15BrN4O2S/c1-10(3-4-18(16,17)5-10)15-9-7(11)8(12-2)13-6-14-9/h6H,3-5H2,1-2H3,(H2,12,13,14,15). The molecule has 0 amide bonds. The van der Waals surface area contributed by atoms with Crippen molar-refractivity contribution in [1.29, 1.82) is 0 Å². The molecule has 0 radical (unpaired) electrons. The van der Waals surface area contributed by atoms with Crippen molar-refractivity contribution < 1.29 is 8.42 Å². The summed E-state index contributed by atoms with van der Waals surface area (Å²) in [6.07, 6.45) is 2.02. The molecule has 0 aromatic carbocycles. The lowest BCUT2D eigenvalue weighted by Gasteiger charge is -2.25. The van der Waals surface area contributed by atoms with E-state index in [1.807, 2.05) is 6.92 Å². The van der Waals surface area contributed by atoms with Crippen molar-refractivity contribution in [2.75, 3.05) is 29.2 Å². The Morgan fingerprint density at radius 1 is 1.39 bits per heavy atom. The van der Waals surface area contributed by atoms with Gasteiger partial charge in [0.05, 0.1) is 17.0 Å². The van der Waals surface area contributed by atoms with Gasteiger partial charge in [0, 0.05) is 7.05 Å². The molecule has 6 nitrogen and oxygen atoms in total. The molecule has 1 aromatic rings. The van der Waals surface area contributed by atoms with Crippen molar-refractivity contribution in [2.45, 2.75) is 18.9 Å². The van der Waals surface area contributed by atoms with E-state index in [4.69, 9.17) is 0 Å². The van der Waals surface area contributed by atoms with Gasteiger partial charge in [-0.3, -0.25) is 0 Å². The lowest BCUT2D eigenvalue weighted by Crippen LogP contribution is -2.36. The summed E-state index contributed by atoms with van der Waals surface area (Å²) in [6, 6.07) is 0. The van der Waals surface area contributed by atoms with E-state index in [9.17, 15) is 8.42 Å². The third-order valence-corrected chi connectivity index (χ3v) is 5.60. The van der Waals surface area contributed by atoms with Crippen molar-refractivity contribution in [3.05, 3.63) is 10.8 Å². The fourth-order valence-corrected chi connectivity index (χ4v) is 4.62. The zero-order valence-corrected chi connectivity index (χ0v) is 12.6. The highest BCUT2D eigenvalue weighted by atomic mass is 79.9. The molecule has 0 aliphatic carbocycles. The normalized spacial score (nSPS) is 25.9. The van der Waals surface area contributed by atoms with Crippen LogP contribution in [-0.4, -0.2) is 42.5 Å². The highest BCUT2D eigenvalue weighted by molar-refractivity contribution is 9.10. The molecule has 1 aliphatic rings. The van der Waals surface area contributed by atoms with Gasteiger partial charge in [0.2, 0.25) is 0 Å². The number of nitrogens with zero attached hydrogens (tertiary/aromatic N) is 2. The monoisotopic (exact) mass is 334 g/mol. The molecule has 8 heteroatoms. The molecule has 0 spiro atoms. The zero-order chi connectivity index (χ0) is 13.4. The zero-order valence-electron chi connectivity index (χ0n) is 10.2. The predicted octanol–water partition coefficient (Wildman–Crippen LogP) is 1.27. The molecule has 18 heavy (non-hydrogen) atoms. The molecule has 1 fully saturated rings. The number of aromatic nitrogens is 2. The fraction of sp³-hybridized carbons (Fsp3) is 0.600. The van der Waals surface area contributed by atoms with Gasteiger partial charge in [-0.05, 0) is 29.3 Å². The van der Waals surface area contributed by atoms with Crippen LogP contribution in [0.1, 0.15) is 13.3 Å². The summed E-state index contributed by atoms with van der Waals surface area (Å²) in [5.41, 5.74) is -0.472. The van der Waals surface area contributed by atoms with Gasteiger partial charge in [0.25, 0.3) is 0 Å². The summed E-state index contributed by atoms with van der Waals surface area (Å²) in [6.45, 7) is 1.89. The minimum absolute atomic E-state index is 0.130. The Balaban J connectivity index is 2.25. The number of anilines is 2. The first-order chi connectivity index (χ1) is 8.35. The van der Waals surface area contributed by atoms with E-state index in [0.29, 0.717) is 22.5 Å². The number of nitrogens with one attached hydrogen (secondary N) is 2. The molecule has 1 atom stereocenters. The van der Waals surface area contributed by atoms with E-state index in [2.05, 4.69) is 36.5 Å².